The van der Waals surface area contributed by atoms with E-state index in [0.29, 0.717) is 26.2 Å². The van der Waals surface area contributed by atoms with Crippen LogP contribution in [0.25, 0.3) is 6.08 Å². The van der Waals surface area contributed by atoms with Crippen LogP contribution in [0.4, 0.5) is 4.39 Å². The van der Waals surface area contributed by atoms with Gasteiger partial charge < -0.3 is 4.74 Å². The Balaban J connectivity index is 1.93. The summed E-state index contributed by atoms with van der Waals surface area (Å²) in [6.45, 7) is 3.73. The first-order valence-electron chi connectivity index (χ1n) is 10.0. The highest BCUT2D eigenvalue weighted by Crippen LogP contribution is 2.31. The molecule has 8 heteroatoms. The van der Waals surface area contributed by atoms with Gasteiger partial charge in [-0.2, -0.15) is 0 Å². The summed E-state index contributed by atoms with van der Waals surface area (Å²) in [6, 6.07) is 13.1. The number of thioether (sulfide) groups is 1. The number of carbonyl (C=O) groups is 1. The highest BCUT2D eigenvalue weighted by Gasteiger charge is 2.33. The minimum absolute atomic E-state index is 0.225. The molecule has 0 bridgehead atoms. The van der Waals surface area contributed by atoms with Gasteiger partial charge in [-0.15, -0.1) is 11.8 Å². The summed E-state index contributed by atoms with van der Waals surface area (Å²) in [5.74, 6) is -0.826. The van der Waals surface area contributed by atoms with E-state index in [9.17, 15) is 14.0 Å². The molecule has 2 aromatic carbocycles. The summed E-state index contributed by atoms with van der Waals surface area (Å²) < 4.78 is 20.6. The smallest absolute Gasteiger partial charge is 0.338 e. The second-order valence-electron chi connectivity index (χ2n) is 7.13. The number of carbonyl (C=O) groups excluding carboxylic acids is 1. The van der Waals surface area contributed by atoms with Crippen LogP contribution in [0.5, 0.6) is 0 Å². The number of rotatable bonds is 5. The van der Waals surface area contributed by atoms with Crippen LogP contribution < -0.4 is 14.9 Å². The number of fused-ring (bicyclic) bond motifs is 1. The number of nitrogens with zero attached hydrogens (tertiary/aromatic N) is 2. The second-order valence-corrected chi connectivity index (χ2v) is 9.02. The minimum Gasteiger partial charge on any atom is -0.463 e. The first kappa shape index (κ1) is 22.2. The maximum atomic E-state index is 13.5. The number of allylic oxidation sites excluding steroid dienone is 1. The molecule has 164 valence electrons. The van der Waals surface area contributed by atoms with Crippen LogP contribution in [0, 0.1) is 5.82 Å². The number of halogens is 1. The van der Waals surface area contributed by atoms with Crippen LogP contribution in [0.3, 0.4) is 0 Å². The molecular formula is C24H21FN2O3S2. The van der Waals surface area contributed by atoms with Crippen molar-refractivity contribution < 1.29 is 13.9 Å². The van der Waals surface area contributed by atoms with E-state index in [1.54, 1.807) is 48.4 Å². The van der Waals surface area contributed by atoms with Gasteiger partial charge in [0.1, 0.15) is 5.82 Å². The SMILES string of the molecule is CCOC(=O)C1=C(C)N=c2sc(=Cc3ccc(F)cc3)c(=O)n2[C@@H]1c1ccc(SC)cc1. The van der Waals surface area contributed by atoms with E-state index in [1.165, 1.54) is 23.5 Å². The predicted octanol–water partition coefficient (Wildman–Crippen LogP) is 3.66. The standard InChI is InChI=1S/C24H21FN2O3S2/c1-4-30-23(29)20-14(2)26-24-27(21(20)16-7-11-18(31-3)12-8-16)22(28)19(32-24)13-15-5-9-17(25)10-6-15/h5-13,21H,4H2,1-3H3/t21-/m1/s1. The molecule has 0 amide bonds. The zero-order valence-electron chi connectivity index (χ0n) is 17.8. The fourth-order valence-electron chi connectivity index (χ4n) is 3.60. The Kier molecular flexibility index (Phi) is 6.43. The Labute approximate surface area is 192 Å². The van der Waals surface area contributed by atoms with Crippen molar-refractivity contribution in [2.75, 3.05) is 12.9 Å². The zero-order chi connectivity index (χ0) is 22.8. The zero-order valence-corrected chi connectivity index (χ0v) is 19.4. The van der Waals surface area contributed by atoms with Gasteiger partial charge in [0.05, 0.1) is 28.5 Å². The molecule has 0 unspecified atom stereocenters. The van der Waals surface area contributed by atoms with E-state index in [2.05, 4.69) is 4.99 Å². The molecule has 5 nitrogen and oxygen atoms in total. The van der Waals surface area contributed by atoms with Gasteiger partial charge in [-0.3, -0.25) is 9.36 Å². The maximum absolute atomic E-state index is 13.5. The van der Waals surface area contributed by atoms with Gasteiger partial charge in [0.2, 0.25) is 0 Å². The van der Waals surface area contributed by atoms with Crippen LogP contribution in [-0.2, 0) is 9.53 Å². The van der Waals surface area contributed by atoms with Crippen molar-refractivity contribution >= 4 is 35.1 Å². The quantitative estimate of drug-likeness (QED) is 0.424. The van der Waals surface area contributed by atoms with E-state index in [-0.39, 0.29) is 18.0 Å². The molecule has 2 heterocycles. The molecule has 0 fully saturated rings. The molecule has 4 rings (SSSR count). The molecule has 0 spiro atoms. The van der Waals surface area contributed by atoms with Crippen molar-refractivity contribution in [3.8, 4) is 0 Å². The third kappa shape index (κ3) is 4.20. The van der Waals surface area contributed by atoms with Crippen molar-refractivity contribution in [1.82, 2.24) is 4.57 Å². The van der Waals surface area contributed by atoms with E-state index in [4.69, 9.17) is 4.74 Å². The predicted molar refractivity (Wildman–Crippen MR) is 125 cm³/mol. The lowest BCUT2D eigenvalue weighted by Crippen LogP contribution is -2.39. The number of ether oxygens (including phenoxy) is 1. The Morgan fingerprint density at radius 1 is 1.22 bits per heavy atom. The molecule has 0 saturated carbocycles. The molecule has 32 heavy (non-hydrogen) atoms. The number of aromatic nitrogens is 1. The van der Waals surface area contributed by atoms with E-state index in [1.807, 2.05) is 30.5 Å². The largest absolute Gasteiger partial charge is 0.463 e. The lowest BCUT2D eigenvalue weighted by atomic mass is 9.96. The molecule has 0 radical (unpaired) electrons. The summed E-state index contributed by atoms with van der Waals surface area (Å²) in [7, 11) is 0. The third-order valence-corrected chi connectivity index (χ3v) is 6.84. The molecule has 0 N–H and O–H groups in total. The third-order valence-electron chi connectivity index (χ3n) is 5.12. The molecule has 1 aliphatic rings. The fraction of sp³-hybridized carbons (Fsp3) is 0.208. The minimum atomic E-state index is -0.642. The molecule has 0 aliphatic carbocycles. The van der Waals surface area contributed by atoms with Crippen LogP contribution in [0.1, 0.15) is 31.0 Å². The van der Waals surface area contributed by atoms with Crippen LogP contribution >= 0.6 is 23.1 Å². The van der Waals surface area contributed by atoms with Gasteiger partial charge >= 0.3 is 5.97 Å². The van der Waals surface area contributed by atoms with Crippen molar-refractivity contribution in [3.63, 3.8) is 0 Å². The molecule has 0 saturated heterocycles. The molecular weight excluding hydrogens is 447 g/mol. The average Bonchev–Trinajstić information content (AvgIpc) is 3.09. The first-order valence-corrected chi connectivity index (χ1v) is 12.1. The molecule has 1 atom stereocenters. The summed E-state index contributed by atoms with van der Waals surface area (Å²) >= 11 is 2.86. The van der Waals surface area contributed by atoms with Gasteiger partial charge in [0.25, 0.3) is 5.56 Å². The molecule has 3 aromatic rings. The molecule has 1 aliphatic heterocycles. The topological polar surface area (TPSA) is 60.7 Å². The number of hydrogen-bond acceptors (Lipinski definition) is 6. The van der Waals surface area contributed by atoms with Gasteiger partial charge in [-0.1, -0.05) is 35.6 Å². The summed E-state index contributed by atoms with van der Waals surface area (Å²) in [4.78, 5) is 32.5. The van der Waals surface area contributed by atoms with E-state index < -0.39 is 12.0 Å². The fourth-order valence-corrected chi connectivity index (χ4v) is 5.06. The monoisotopic (exact) mass is 468 g/mol. The average molecular weight is 469 g/mol. The van der Waals surface area contributed by atoms with E-state index in [0.717, 1.165) is 10.5 Å². The normalized spacial score (nSPS) is 16.0. The number of thiazole rings is 1. The van der Waals surface area contributed by atoms with Crippen molar-refractivity contribution in [3.05, 3.63) is 96.4 Å². The van der Waals surface area contributed by atoms with Crippen LogP contribution in [-0.4, -0.2) is 23.4 Å². The Morgan fingerprint density at radius 3 is 2.53 bits per heavy atom. The van der Waals surface area contributed by atoms with Gasteiger partial charge in [0.15, 0.2) is 4.80 Å². The highest BCUT2D eigenvalue weighted by atomic mass is 32.2. The Morgan fingerprint density at radius 2 is 1.91 bits per heavy atom. The molecule has 1 aromatic heterocycles. The maximum Gasteiger partial charge on any atom is 0.338 e. The van der Waals surface area contributed by atoms with E-state index >= 15 is 0 Å². The first-order chi connectivity index (χ1) is 15.4. The van der Waals surface area contributed by atoms with Crippen LogP contribution in [0.2, 0.25) is 0 Å². The number of benzene rings is 2. The highest BCUT2D eigenvalue weighted by molar-refractivity contribution is 7.98. The van der Waals surface area contributed by atoms with Crippen molar-refractivity contribution in [1.29, 1.82) is 0 Å². The Hall–Kier alpha value is -2.97. The van der Waals surface area contributed by atoms with Gasteiger partial charge in [0, 0.05) is 4.90 Å². The summed E-state index contributed by atoms with van der Waals surface area (Å²) in [5, 5.41) is 0. The lowest BCUT2D eigenvalue weighted by Gasteiger charge is -2.24. The van der Waals surface area contributed by atoms with Gasteiger partial charge in [-0.05, 0) is 61.6 Å². The van der Waals surface area contributed by atoms with Crippen molar-refractivity contribution in [2.24, 2.45) is 4.99 Å². The number of esters is 1. The summed E-state index contributed by atoms with van der Waals surface area (Å²) in [6.07, 6.45) is 3.70. The second kappa shape index (κ2) is 9.26. The van der Waals surface area contributed by atoms with Crippen LogP contribution in [0.15, 0.2) is 74.5 Å². The lowest BCUT2D eigenvalue weighted by molar-refractivity contribution is -0.139. The summed E-state index contributed by atoms with van der Waals surface area (Å²) in [5.41, 5.74) is 2.13. The number of hydrogen-bond donors (Lipinski definition) is 0. The van der Waals surface area contributed by atoms with Gasteiger partial charge in [-0.25, -0.2) is 14.2 Å². The van der Waals surface area contributed by atoms with Crippen molar-refractivity contribution in [2.45, 2.75) is 24.8 Å². The Bertz CT molecular complexity index is 1370.